The molecule has 1 amide bonds. The lowest BCUT2D eigenvalue weighted by atomic mass is 10.1. The molecule has 0 bridgehead atoms. The first-order chi connectivity index (χ1) is 9.05. The minimum atomic E-state index is -1.36. The number of carbonyl (C=O) groups excluding carboxylic acids is 1. The number of rotatable bonds is 3. The predicted octanol–water partition coefficient (Wildman–Crippen LogP) is 4.19. The van der Waals surface area contributed by atoms with E-state index in [4.69, 9.17) is 34.8 Å². The molecule has 0 aromatic heterocycles. The van der Waals surface area contributed by atoms with Gasteiger partial charge in [0.2, 0.25) is 5.91 Å². The molecule has 0 aliphatic heterocycles. The second-order valence-corrected chi connectivity index (χ2v) is 7.50. The van der Waals surface area contributed by atoms with Crippen LogP contribution in [0, 0.1) is 11.2 Å². The summed E-state index contributed by atoms with van der Waals surface area (Å²) in [5, 5.41) is 2.77. The smallest absolute Gasteiger partial charge is 0.245 e. The van der Waals surface area contributed by atoms with Crippen molar-refractivity contribution in [2.75, 3.05) is 0 Å². The van der Waals surface area contributed by atoms with Gasteiger partial charge in [-0.2, -0.15) is 0 Å². The molecule has 0 saturated heterocycles. The van der Waals surface area contributed by atoms with E-state index in [-0.39, 0.29) is 11.9 Å². The highest BCUT2D eigenvalue weighted by Crippen LogP contribution is 2.75. The number of hydrogen-bond acceptors (Lipinski definition) is 1. The average Bonchev–Trinajstić information content (AvgIpc) is 2.68. The maximum Gasteiger partial charge on any atom is 0.245 e. The standard InChI is InChI=1S/C14H15Cl3FNO/c1-8(9-4-6-10(18)7-5-9)19-11(20)13(15)12(2,3)14(13,16)17/h4-8H,1-3H3,(H,19,20). The maximum atomic E-state index is 12.9. The zero-order valence-electron chi connectivity index (χ0n) is 11.3. The van der Waals surface area contributed by atoms with Crippen LogP contribution in [0.1, 0.15) is 32.4 Å². The fraction of sp³-hybridized carbons (Fsp3) is 0.500. The number of benzene rings is 1. The van der Waals surface area contributed by atoms with Gasteiger partial charge in [0.1, 0.15) is 5.82 Å². The van der Waals surface area contributed by atoms with Gasteiger partial charge in [-0.05, 0) is 24.6 Å². The monoisotopic (exact) mass is 337 g/mol. The highest BCUT2D eigenvalue weighted by molar-refractivity contribution is 6.63. The van der Waals surface area contributed by atoms with E-state index >= 15 is 0 Å². The largest absolute Gasteiger partial charge is 0.348 e. The lowest BCUT2D eigenvalue weighted by Gasteiger charge is -2.18. The molecule has 0 radical (unpaired) electrons. The number of alkyl halides is 3. The summed E-state index contributed by atoms with van der Waals surface area (Å²) in [5.74, 6) is -0.754. The van der Waals surface area contributed by atoms with Crippen LogP contribution in [0.25, 0.3) is 0 Å². The van der Waals surface area contributed by atoms with Gasteiger partial charge in [0, 0.05) is 5.41 Å². The fourth-order valence-corrected chi connectivity index (χ4v) is 3.59. The maximum absolute atomic E-state index is 12.9. The van der Waals surface area contributed by atoms with Gasteiger partial charge in [-0.15, -0.1) is 11.6 Å². The Morgan fingerprint density at radius 2 is 1.65 bits per heavy atom. The van der Waals surface area contributed by atoms with Crippen molar-refractivity contribution in [2.45, 2.75) is 36.0 Å². The molecular weight excluding hydrogens is 324 g/mol. The van der Waals surface area contributed by atoms with Crippen molar-refractivity contribution in [2.24, 2.45) is 5.41 Å². The molecule has 1 aromatic carbocycles. The number of amides is 1. The Morgan fingerprint density at radius 3 is 2.05 bits per heavy atom. The highest BCUT2D eigenvalue weighted by Gasteiger charge is 2.85. The molecule has 2 atom stereocenters. The Labute approximate surface area is 132 Å². The van der Waals surface area contributed by atoms with Gasteiger partial charge < -0.3 is 5.32 Å². The van der Waals surface area contributed by atoms with Crippen molar-refractivity contribution >= 4 is 40.7 Å². The third kappa shape index (κ3) is 2.02. The quantitative estimate of drug-likeness (QED) is 0.823. The molecule has 1 saturated carbocycles. The van der Waals surface area contributed by atoms with Gasteiger partial charge in [0.15, 0.2) is 9.21 Å². The van der Waals surface area contributed by atoms with Crippen LogP contribution in [-0.2, 0) is 4.79 Å². The van der Waals surface area contributed by atoms with Gasteiger partial charge in [-0.3, -0.25) is 4.79 Å². The fourth-order valence-electron chi connectivity index (χ4n) is 2.28. The van der Waals surface area contributed by atoms with E-state index < -0.39 is 20.5 Å². The highest BCUT2D eigenvalue weighted by atomic mass is 35.5. The third-order valence-electron chi connectivity index (χ3n) is 4.05. The van der Waals surface area contributed by atoms with Crippen LogP contribution in [0.5, 0.6) is 0 Å². The molecule has 2 rings (SSSR count). The van der Waals surface area contributed by atoms with E-state index in [9.17, 15) is 9.18 Å². The third-order valence-corrected chi connectivity index (χ3v) is 6.68. The van der Waals surface area contributed by atoms with Crippen molar-refractivity contribution in [3.63, 3.8) is 0 Å². The first-order valence-corrected chi connectivity index (χ1v) is 7.32. The first kappa shape index (κ1) is 15.9. The molecule has 1 aliphatic rings. The van der Waals surface area contributed by atoms with Gasteiger partial charge in [-0.25, -0.2) is 4.39 Å². The van der Waals surface area contributed by atoms with E-state index in [1.807, 2.05) is 0 Å². The summed E-state index contributed by atoms with van der Waals surface area (Å²) in [6, 6.07) is 5.56. The van der Waals surface area contributed by atoms with E-state index in [1.165, 1.54) is 12.1 Å². The van der Waals surface area contributed by atoms with Gasteiger partial charge in [0.25, 0.3) is 0 Å². The topological polar surface area (TPSA) is 29.1 Å². The summed E-state index contributed by atoms with van der Waals surface area (Å²) >= 11 is 18.5. The van der Waals surface area contributed by atoms with Crippen LogP contribution >= 0.6 is 34.8 Å². The zero-order valence-corrected chi connectivity index (χ0v) is 13.6. The minimum absolute atomic E-state index is 0.320. The molecule has 2 nitrogen and oxygen atoms in total. The van der Waals surface area contributed by atoms with Crippen LogP contribution in [0.15, 0.2) is 24.3 Å². The summed E-state index contributed by atoms with van der Waals surface area (Å²) in [6.45, 7) is 5.26. The summed E-state index contributed by atoms with van der Waals surface area (Å²) in [4.78, 5) is 11.0. The van der Waals surface area contributed by atoms with Crippen molar-refractivity contribution < 1.29 is 9.18 Å². The second-order valence-electron chi connectivity index (χ2n) is 5.60. The van der Waals surface area contributed by atoms with Gasteiger partial charge >= 0.3 is 0 Å². The van der Waals surface area contributed by atoms with Crippen LogP contribution in [0.2, 0.25) is 0 Å². The Hall–Kier alpha value is -0.510. The lowest BCUT2D eigenvalue weighted by Crippen LogP contribution is -2.39. The van der Waals surface area contributed by atoms with Crippen LogP contribution in [-0.4, -0.2) is 15.1 Å². The van der Waals surface area contributed by atoms with Crippen molar-refractivity contribution in [3.8, 4) is 0 Å². The molecule has 0 spiro atoms. The number of nitrogens with one attached hydrogen (secondary N) is 1. The van der Waals surface area contributed by atoms with E-state index in [0.717, 1.165) is 5.56 Å². The molecule has 1 N–H and O–H groups in total. The predicted molar refractivity (Wildman–Crippen MR) is 79.8 cm³/mol. The van der Waals surface area contributed by atoms with Gasteiger partial charge in [0.05, 0.1) is 6.04 Å². The molecular formula is C14H15Cl3FNO. The Kier molecular flexibility index (Phi) is 3.77. The van der Waals surface area contributed by atoms with E-state index in [1.54, 1.807) is 32.9 Å². The van der Waals surface area contributed by atoms with Gasteiger partial charge in [-0.1, -0.05) is 49.2 Å². The number of hydrogen-bond donors (Lipinski definition) is 1. The van der Waals surface area contributed by atoms with Crippen LogP contribution < -0.4 is 5.32 Å². The molecule has 1 aromatic rings. The lowest BCUT2D eigenvalue weighted by molar-refractivity contribution is -0.122. The summed E-state index contributed by atoms with van der Waals surface area (Å²) < 4.78 is 11.6. The summed E-state index contributed by atoms with van der Waals surface area (Å²) in [6.07, 6.45) is 0. The Morgan fingerprint density at radius 1 is 1.20 bits per heavy atom. The summed E-state index contributed by atoms with van der Waals surface area (Å²) in [5.41, 5.74) is 0.0466. The van der Waals surface area contributed by atoms with Crippen LogP contribution in [0.4, 0.5) is 4.39 Å². The van der Waals surface area contributed by atoms with E-state index in [0.29, 0.717) is 0 Å². The second kappa shape index (κ2) is 4.75. The van der Waals surface area contributed by atoms with Crippen LogP contribution in [0.3, 0.4) is 0 Å². The number of carbonyl (C=O) groups is 1. The Bertz CT molecular complexity index is 528. The summed E-state index contributed by atoms with van der Waals surface area (Å²) in [7, 11) is 0. The molecule has 2 unspecified atom stereocenters. The van der Waals surface area contributed by atoms with Crippen molar-refractivity contribution in [3.05, 3.63) is 35.6 Å². The van der Waals surface area contributed by atoms with Crippen molar-refractivity contribution in [1.29, 1.82) is 0 Å². The molecule has 0 heterocycles. The average molecular weight is 339 g/mol. The molecule has 1 aliphatic carbocycles. The normalized spacial score (nSPS) is 27.8. The molecule has 6 heteroatoms. The zero-order chi connectivity index (χ0) is 15.3. The van der Waals surface area contributed by atoms with Crippen molar-refractivity contribution in [1.82, 2.24) is 5.32 Å². The minimum Gasteiger partial charge on any atom is -0.348 e. The molecule has 1 fully saturated rings. The number of halogens is 4. The molecule has 20 heavy (non-hydrogen) atoms. The van der Waals surface area contributed by atoms with E-state index in [2.05, 4.69) is 5.32 Å². The SMILES string of the molecule is CC(NC(=O)C1(Cl)C(C)(C)C1(Cl)Cl)c1ccc(F)cc1. The first-order valence-electron chi connectivity index (χ1n) is 6.19. The Balaban J connectivity index is 2.12. The molecule has 110 valence electrons.